The van der Waals surface area contributed by atoms with Gasteiger partial charge in [0.1, 0.15) is 5.54 Å². The van der Waals surface area contributed by atoms with E-state index in [1.807, 2.05) is 18.2 Å². The molecular weight excluding hydrogens is 226 g/mol. The van der Waals surface area contributed by atoms with Gasteiger partial charge in [-0.05, 0) is 32.9 Å². The van der Waals surface area contributed by atoms with Crippen LogP contribution in [0.25, 0.3) is 0 Å². The van der Waals surface area contributed by atoms with Crippen LogP contribution in [0.3, 0.4) is 0 Å². The maximum absolute atomic E-state index is 11.7. The predicted octanol–water partition coefficient (Wildman–Crippen LogP) is 3.09. The van der Waals surface area contributed by atoms with Gasteiger partial charge in [0.25, 0.3) is 0 Å². The molecule has 16 heavy (non-hydrogen) atoms. The zero-order valence-electron chi connectivity index (χ0n) is 9.71. The molecule has 0 heterocycles. The van der Waals surface area contributed by atoms with Crippen molar-refractivity contribution in [2.45, 2.75) is 26.3 Å². The van der Waals surface area contributed by atoms with Gasteiger partial charge in [-0.2, -0.15) is 0 Å². The molecule has 4 heteroatoms. The Morgan fingerprint density at radius 2 is 2.06 bits per heavy atom. The van der Waals surface area contributed by atoms with Crippen LogP contribution in [-0.2, 0) is 9.53 Å². The third kappa shape index (κ3) is 3.14. The first-order valence-corrected chi connectivity index (χ1v) is 5.55. The van der Waals surface area contributed by atoms with Crippen molar-refractivity contribution in [2.75, 3.05) is 11.9 Å². The molecule has 1 aromatic carbocycles. The van der Waals surface area contributed by atoms with Crippen LogP contribution >= 0.6 is 11.6 Å². The number of ether oxygens (including phenoxy) is 1. The average Bonchev–Trinajstić information content (AvgIpc) is 2.21. The number of halogens is 1. The maximum atomic E-state index is 11.7. The molecule has 0 bridgehead atoms. The van der Waals surface area contributed by atoms with E-state index < -0.39 is 5.54 Å². The van der Waals surface area contributed by atoms with Gasteiger partial charge in [-0.1, -0.05) is 23.7 Å². The molecule has 0 saturated carbocycles. The second kappa shape index (κ2) is 5.21. The smallest absolute Gasteiger partial charge is 0.331 e. The van der Waals surface area contributed by atoms with E-state index in [9.17, 15) is 4.79 Å². The lowest BCUT2D eigenvalue weighted by molar-refractivity contribution is -0.147. The van der Waals surface area contributed by atoms with Crippen molar-refractivity contribution in [3.63, 3.8) is 0 Å². The topological polar surface area (TPSA) is 38.3 Å². The molecule has 0 aliphatic rings. The van der Waals surface area contributed by atoms with E-state index in [0.29, 0.717) is 11.6 Å². The van der Waals surface area contributed by atoms with E-state index in [0.717, 1.165) is 5.69 Å². The molecule has 1 N–H and O–H groups in total. The molecule has 0 aromatic heterocycles. The van der Waals surface area contributed by atoms with Crippen molar-refractivity contribution in [3.8, 4) is 0 Å². The van der Waals surface area contributed by atoms with Gasteiger partial charge in [-0.15, -0.1) is 0 Å². The number of esters is 1. The van der Waals surface area contributed by atoms with Crippen molar-refractivity contribution in [3.05, 3.63) is 29.3 Å². The SMILES string of the molecule is CCOC(=O)C(C)(C)Nc1ccccc1Cl. The second-order valence-corrected chi connectivity index (χ2v) is 4.36. The van der Waals surface area contributed by atoms with Gasteiger partial charge in [-0.25, -0.2) is 4.79 Å². The Morgan fingerprint density at radius 3 is 2.62 bits per heavy atom. The highest BCUT2D eigenvalue weighted by molar-refractivity contribution is 6.33. The van der Waals surface area contributed by atoms with Gasteiger partial charge in [0.05, 0.1) is 17.3 Å². The number of nitrogens with one attached hydrogen (secondary N) is 1. The molecule has 1 aromatic rings. The second-order valence-electron chi connectivity index (χ2n) is 3.95. The van der Waals surface area contributed by atoms with Crippen molar-refractivity contribution in [1.82, 2.24) is 0 Å². The summed E-state index contributed by atoms with van der Waals surface area (Å²) in [6, 6.07) is 7.29. The molecule has 88 valence electrons. The van der Waals surface area contributed by atoms with Crippen molar-refractivity contribution in [1.29, 1.82) is 0 Å². The normalized spacial score (nSPS) is 11.0. The maximum Gasteiger partial charge on any atom is 0.331 e. The zero-order valence-corrected chi connectivity index (χ0v) is 10.5. The lowest BCUT2D eigenvalue weighted by Gasteiger charge is -2.25. The van der Waals surface area contributed by atoms with Gasteiger partial charge >= 0.3 is 5.97 Å². The van der Waals surface area contributed by atoms with Crippen LogP contribution in [0.15, 0.2) is 24.3 Å². The molecule has 0 spiro atoms. The molecule has 0 atom stereocenters. The van der Waals surface area contributed by atoms with Crippen molar-refractivity contribution in [2.24, 2.45) is 0 Å². The van der Waals surface area contributed by atoms with Crippen molar-refractivity contribution >= 4 is 23.3 Å². The minimum atomic E-state index is -0.791. The lowest BCUT2D eigenvalue weighted by atomic mass is 10.1. The summed E-state index contributed by atoms with van der Waals surface area (Å²) in [5.74, 6) is -0.296. The first kappa shape index (κ1) is 12.8. The Labute approximate surface area is 101 Å². The van der Waals surface area contributed by atoms with E-state index in [2.05, 4.69) is 5.32 Å². The molecule has 1 rings (SSSR count). The van der Waals surface area contributed by atoms with Crippen LogP contribution in [0.2, 0.25) is 5.02 Å². The summed E-state index contributed by atoms with van der Waals surface area (Å²) in [7, 11) is 0. The summed E-state index contributed by atoms with van der Waals surface area (Å²) in [6.45, 7) is 5.67. The van der Waals surface area contributed by atoms with Gasteiger partial charge in [-0.3, -0.25) is 0 Å². The highest BCUT2D eigenvalue weighted by Crippen LogP contribution is 2.24. The third-order valence-corrected chi connectivity index (χ3v) is 2.44. The van der Waals surface area contributed by atoms with Crippen LogP contribution < -0.4 is 5.32 Å². The molecule has 0 saturated heterocycles. The summed E-state index contributed by atoms with van der Waals surface area (Å²) >= 11 is 6.00. The van der Waals surface area contributed by atoms with Crippen LogP contribution in [0.5, 0.6) is 0 Å². The summed E-state index contributed by atoms with van der Waals surface area (Å²) in [5.41, 5.74) is -0.0664. The Morgan fingerprint density at radius 1 is 1.44 bits per heavy atom. The number of hydrogen-bond acceptors (Lipinski definition) is 3. The van der Waals surface area contributed by atoms with Gasteiger partial charge in [0, 0.05) is 0 Å². The number of carbonyl (C=O) groups excluding carboxylic acids is 1. The van der Waals surface area contributed by atoms with Crippen molar-refractivity contribution < 1.29 is 9.53 Å². The van der Waals surface area contributed by atoms with Crippen LogP contribution in [0.4, 0.5) is 5.69 Å². The summed E-state index contributed by atoms with van der Waals surface area (Å²) < 4.78 is 4.97. The fourth-order valence-corrected chi connectivity index (χ4v) is 1.44. The van der Waals surface area contributed by atoms with E-state index in [1.165, 1.54) is 0 Å². The van der Waals surface area contributed by atoms with Gasteiger partial charge in [0.2, 0.25) is 0 Å². The fraction of sp³-hybridized carbons (Fsp3) is 0.417. The molecule has 3 nitrogen and oxygen atoms in total. The monoisotopic (exact) mass is 241 g/mol. The quantitative estimate of drug-likeness (QED) is 0.824. The number of anilines is 1. The lowest BCUT2D eigenvalue weighted by Crippen LogP contribution is -2.41. The third-order valence-electron chi connectivity index (χ3n) is 2.11. The Kier molecular flexibility index (Phi) is 4.19. The Hall–Kier alpha value is -1.22. The predicted molar refractivity (Wildman–Crippen MR) is 65.8 cm³/mol. The molecule has 0 fully saturated rings. The molecule has 0 aliphatic heterocycles. The van der Waals surface area contributed by atoms with E-state index >= 15 is 0 Å². The molecular formula is C12H16ClNO2. The molecule has 0 radical (unpaired) electrons. The highest BCUT2D eigenvalue weighted by Gasteiger charge is 2.29. The Bertz CT molecular complexity index is 377. The molecule has 0 aliphatic carbocycles. The Balaban J connectivity index is 2.80. The molecule has 0 amide bonds. The number of rotatable bonds is 4. The fourth-order valence-electron chi connectivity index (χ4n) is 1.26. The zero-order chi connectivity index (χ0) is 12.2. The number of benzene rings is 1. The van der Waals surface area contributed by atoms with Gasteiger partial charge in [0.15, 0.2) is 0 Å². The van der Waals surface area contributed by atoms with Crippen LogP contribution in [0.1, 0.15) is 20.8 Å². The number of hydrogen-bond donors (Lipinski definition) is 1. The van der Waals surface area contributed by atoms with E-state index in [4.69, 9.17) is 16.3 Å². The van der Waals surface area contributed by atoms with E-state index in [-0.39, 0.29) is 5.97 Å². The number of para-hydroxylation sites is 1. The summed E-state index contributed by atoms with van der Waals surface area (Å²) in [5, 5.41) is 3.65. The largest absolute Gasteiger partial charge is 0.464 e. The standard InChI is InChI=1S/C12H16ClNO2/c1-4-16-11(15)12(2,3)14-10-8-6-5-7-9(10)13/h5-8,14H,4H2,1-3H3. The minimum absolute atomic E-state index is 0.296. The first-order chi connectivity index (χ1) is 7.47. The van der Waals surface area contributed by atoms with Gasteiger partial charge < -0.3 is 10.1 Å². The number of carbonyl (C=O) groups is 1. The molecule has 0 unspecified atom stereocenters. The average molecular weight is 242 g/mol. The van der Waals surface area contributed by atoms with E-state index in [1.54, 1.807) is 26.8 Å². The summed E-state index contributed by atoms with van der Waals surface area (Å²) in [6.07, 6.45) is 0. The van der Waals surface area contributed by atoms with Crippen LogP contribution in [-0.4, -0.2) is 18.1 Å². The minimum Gasteiger partial charge on any atom is -0.464 e. The van der Waals surface area contributed by atoms with Crippen LogP contribution in [0, 0.1) is 0 Å². The highest BCUT2D eigenvalue weighted by atomic mass is 35.5. The first-order valence-electron chi connectivity index (χ1n) is 5.17. The summed E-state index contributed by atoms with van der Waals surface area (Å²) in [4.78, 5) is 11.7.